The molecule has 0 aromatic rings. The highest BCUT2D eigenvalue weighted by molar-refractivity contribution is 5.69. The molecule has 1 aliphatic carbocycles. The van der Waals surface area contributed by atoms with Crippen LogP contribution in [0.4, 0.5) is 4.79 Å². The minimum absolute atomic E-state index is 0.136. The molecule has 1 heterocycles. The molecule has 0 aromatic carbocycles. The number of nitrogens with zero attached hydrogens (tertiary/aromatic N) is 2. The number of aliphatic carboxylic acids is 1. The van der Waals surface area contributed by atoms with Crippen molar-refractivity contribution in [1.82, 2.24) is 9.80 Å². The van der Waals surface area contributed by atoms with Crippen molar-refractivity contribution in [2.75, 3.05) is 26.2 Å². The molecule has 2 fully saturated rings. The summed E-state index contributed by atoms with van der Waals surface area (Å²) in [6.07, 6.45) is 3.83. The lowest BCUT2D eigenvalue weighted by atomic mass is 9.96. The molecule has 0 bridgehead atoms. The predicted octanol–water partition coefficient (Wildman–Crippen LogP) is 2.18. The Hall–Kier alpha value is -1.30. The van der Waals surface area contributed by atoms with Crippen LogP contribution in [-0.4, -0.2) is 64.8 Å². The zero-order valence-corrected chi connectivity index (χ0v) is 13.9. The zero-order valence-electron chi connectivity index (χ0n) is 13.9. The Kier molecular flexibility index (Phi) is 5.32. The van der Waals surface area contributed by atoms with E-state index in [1.165, 1.54) is 0 Å². The van der Waals surface area contributed by atoms with Gasteiger partial charge in [-0.1, -0.05) is 0 Å². The number of carboxylic acid groups (broad SMARTS) is 1. The fraction of sp³-hybridized carbons (Fsp3) is 0.875. The number of amides is 1. The summed E-state index contributed by atoms with van der Waals surface area (Å²) in [5.74, 6) is -0.281. The van der Waals surface area contributed by atoms with Gasteiger partial charge >= 0.3 is 12.1 Å². The minimum Gasteiger partial charge on any atom is -0.480 e. The summed E-state index contributed by atoms with van der Waals surface area (Å²) < 4.78 is 5.39. The van der Waals surface area contributed by atoms with Crippen molar-refractivity contribution in [1.29, 1.82) is 0 Å². The average molecular weight is 312 g/mol. The Morgan fingerprint density at radius 1 is 1.18 bits per heavy atom. The molecular weight excluding hydrogens is 284 g/mol. The quantitative estimate of drug-likeness (QED) is 0.842. The largest absolute Gasteiger partial charge is 0.480 e. The van der Waals surface area contributed by atoms with Crippen LogP contribution in [0.25, 0.3) is 0 Å². The third-order valence-corrected chi connectivity index (χ3v) is 4.16. The molecule has 2 aliphatic rings. The molecule has 0 aromatic heterocycles. The van der Waals surface area contributed by atoms with Crippen molar-refractivity contribution in [2.45, 2.75) is 58.1 Å². The van der Waals surface area contributed by atoms with Crippen LogP contribution in [0.2, 0.25) is 0 Å². The monoisotopic (exact) mass is 312 g/mol. The van der Waals surface area contributed by atoms with E-state index >= 15 is 0 Å². The van der Waals surface area contributed by atoms with Gasteiger partial charge in [0.15, 0.2) is 0 Å². The van der Waals surface area contributed by atoms with Crippen LogP contribution in [0.3, 0.4) is 0 Å². The highest BCUT2D eigenvalue weighted by Crippen LogP contribution is 2.29. The molecule has 1 N–H and O–H groups in total. The second-order valence-corrected chi connectivity index (χ2v) is 7.47. The van der Waals surface area contributed by atoms with Gasteiger partial charge in [0.2, 0.25) is 0 Å². The molecule has 1 saturated heterocycles. The number of likely N-dealkylation sites (tertiary alicyclic amines) is 1. The highest BCUT2D eigenvalue weighted by atomic mass is 16.6. The van der Waals surface area contributed by atoms with Gasteiger partial charge in [-0.15, -0.1) is 0 Å². The van der Waals surface area contributed by atoms with Gasteiger partial charge in [-0.25, -0.2) is 4.79 Å². The van der Waals surface area contributed by atoms with Gasteiger partial charge in [0.25, 0.3) is 0 Å². The second kappa shape index (κ2) is 6.86. The third-order valence-electron chi connectivity index (χ3n) is 4.16. The van der Waals surface area contributed by atoms with Crippen molar-refractivity contribution in [3.8, 4) is 0 Å². The fourth-order valence-electron chi connectivity index (χ4n) is 2.91. The summed E-state index contributed by atoms with van der Waals surface area (Å²) in [5.41, 5.74) is -0.460. The van der Waals surface area contributed by atoms with Crippen LogP contribution in [0, 0.1) is 5.92 Å². The molecule has 6 heteroatoms. The van der Waals surface area contributed by atoms with Crippen molar-refractivity contribution in [3.63, 3.8) is 0 Å². The first-order chi connectivity index (χ1) is 10.2. The summed E-state index contributed by atoms with van der Waals surface area (Å²) in [4.78, 5) is 26.8. The molecule has 0 unspecified atom stereocenters. The number of carbonyl (C=O) groups excluding carboxylic acids is 1. The van der Waals surface area contributed by atoms with Crippen molar-refractivity contribution >= 4 is 12.1 Å². The SMILES string of the molecule is CC(C)(C)OC(=O)N1CCC(CN(CC(=O)O)C2CC2)CC1. The Bertz CT molecular complexity index is 407. The van der Waals surface area contributed by atoms with E-state index in [4.69, 9.17) is 9.84 Å². The smallest absolute Gasteiger partial charge is 0.410 e. The summed E-state index contributed by atoms with van der Waals surface area (Å²) >= 11 is 0. The van der Waals surface area contributed by atoms with Crippen molar-refractivity contribution in [2.24, 2.45) is 5.92 Å². The lowest BCUT2D eigenvalue weighted by molar-refractivity contribution is -0.138. The molecule has 2 rings (SSSR count). The topological polar surface area (TPSA) is 70.1 Å². The van der Waals surface area contributed by atoms with Crippen molar-refractivity contribution in [3.05, 3.63) is 0 Å². The maximum absolute atomic E-state index is 12.0. The number of piperidine rings is 1. The van der Waals surface area contributed by atoms with E-state index in [1.807, 2.05) is 20.8 Å². The molecule has 1 saturated carbocycles. The first-order valence-electron chi connectivity index (χ1n) is 8.18. The summed E-state index contributed by atoms with van der Waals surface area (Å²) in [6, 6.07) is 0.458. The molecule has 1 aliphatic heterocycles. The number of rotatable bonds is 5. The van der Waals surface area contributed by atoms with E-state index in [2.05, 4.69) is 4.90 Å². The molecule has 0 spiro atoms. The Morgan fingerprint density at radius 3 is 2.23 bits per heavy atom. The van der Waals surface area contributed by atoms with Gasteiger partial charge in [0.1, 0.15) is 5.60 Å². The lowest BCUT2D eigenvalue weighted by Gasteiger charge is -2.35. The normalized spacial score (nSPS) is 20.3. The van der Waals surface area contributed by atoms with Crippen LogP contribution in [0.5, 0.6) is 0 Å². The van der Waals surface area contributed by atoms with E-state index in [0.717, 1.165) is 32.2 Å². The summed E-state index contributed by atoms with van der Waals surface area (Å²) in [5, 5.41) is 9.00. The van der Waals surface area contributed by atoms with Crippen LogP contribution < -0.4 is 0 Å². The Balaban J connectivity index is 1.76. The molecule has 0 radical (unpaired) electrons. The second-order valence-electron chi connectivity index (χ2n) is 7.47. The molecule has 126 valence electrons. The van der Waals surface area contributed by atoms with E-state index in [0.29, 0.717) is 25.0 Å². The van der Waals surface area contributed by atoms with Gasteiger partial charge in [-0.2, -0.15) is 0 Å². The van der Waals surface area contributed by atoms with Crippen LogP contribution >= 0.6 is 0 Å². The number of ether oxygens (including phenoxy) is 1. The number of hydrogen-bond acceptors (Lipinski definition) is 4. The molecule has 0 atom stereocenters. The maximum Gasteiger partial charge on any atom is 0.410 e. The summed E-state index contributed by atoms with van der Waals surface area (Å²) in [6.45, 7) is 7.98. The lowest BCUT2D eigenvalue weighted by Crippen LogP contribution is -2.44. The first-order valence-corrected chi connectivity index (χ1v) is 8.18. The molecule has 6 nitrogen and oxygen atoms in total. The van der Waals surface area contributed by atoms with Crippen molar-refractivity contribution < 1.29 is 19.4 Å². The fourth-order valence-corrected chi connectivity index (χ4v) is 2.91. The van der Waals surface area contributed by atoms with E-state index < -0.39 is 11.6 Å². The average Bonchev–Trinajstić information content (AvgIpc) is 3.20. The van der Waals surface area contributed by atoms with Crippen LogP contribution in [-0.2, 0) is 9.53 Å². The highest BCUT2D eigenvalue weighted by Gasteiger charge is 2.33. The van der Waals surface area contributed by atoms with E-state index in [-0.39, 0.29) is 12.6 Å². The number of carbonyl (C=O) groups is 2. The minimum atomic E-state index is -0.752. The molecule has 1 amide bonds. The molecular formula is C16H28N2O4. The van der Waals surface area contributed by atoms with Crippen LogP contribution in [0.15, 0.2) is 0 Å². The zero-order chi connectivity index (χ0) is 16.3. The first kappa shape index (κ1) is 17.1. The standard InChI is InChI=1S/C16H28N2O4/c1-16(2,3)22-15(21)17-8-6-12(7-9-17)10-18(11-14(19)20)13-4-5-13/h12-13H,4-11H2,1-3H3,(H,19,20). The van der Waals surface area contributed by atoms with Gasteiger partial charge in [-0.3, -0.25) is 9.69 Å². The van der Waals surface area contributed by atoms with E-state index in [9.17, 15) is 9.59 Å². The summed E-state index contributed by atoms with van der Waals surface area (Å²) in [7, 11) is 0. The van der Waals surface area contributed by atoms with Gasteiger partial charge in [-0.05, 0) is 52.4 Å². The predicted molar refractivity (Wildman–Crippen MR) is 82.8 cm³/mol. The maximum atomic E-state index is 12.0. The number of carboxylic acids is 1. The van der Waals surface area contributed by atoms with Gasteiger partial charge < -0.3 is 14.7 Å². The number of hydrogen-bond donors (Lipinski definition) is 1. The Labute approximate surface area is 132 Å². The third kappa shape index (κ3) is 5.48. The van der Waals surface area contributed by atoms with Gasteiger partial charge in [0, 0.05) is 25.7 Å². The van der Waals surface area contributed by atoms with E-state index in [1.54, 1.807) is 4.90 Å². The van der Waals surface area contributed by atoms with Crippen LogP contribution in [0.1, 0.15) is 46.5 Å². The van der Waals surface area contributed by atoms with Gasteiger partial charge in [0.05, 0.1) is 6.54 Å². The molecule has 22 heavy (non-hydrogen) atoms. The Morgan fingerprint density at radius 2 is 1.77 bits per heavy atom.